The average Bonchev–Trinajstić information content (AvgIpc) is 2.62. The molecule has 1 fully saturated rings. The maximum atomic E-state index is 12.1. The normalized spacial score (nSPS) is 16.0. The Labute approximate surface area is 123 Å². The molecule has 112 valence electrons. The van der Waals surface area contributed by atoms with Crippen LogP contribution in [0, 0.1) is 0 Å². The molecule has 0 atom stereocenters. The third-order valence-corrected chi connectivity index (χ3v) is 3.26. The number of benzene rings is 1. The first kappa shape index (κ1) is 15.1. The van der Waals surface area contributed by atoms with Gasteiger partial charge in [0.05, 0.1) is 6.61 Å². The van der Waals surface area contributed by atoms with E-state index >= 15 is 0 Å². The van der Waals surface area contributed by atoms with Gasteiger partial charge in [-0.1, -0.05) is 36.9 Å². The van der Waals surface area contributed by atoms with Crippen LogP contribution in [0.1, 0.15) is 12.0 Å². The second-order valence-corrected chi connectivity index (χ2v) is 4.77. The maximum absolute atomic E-state index is 12.1. The van der Waals surface area contributed by atoms with E-state index < -0.39 is 12.0 Å². The summed E-state index contributed by atoms with van der Waals surface area (Å²) in [6, 6.07) is 9.64. The highest BCUT2D eigenvalue weighted by atomic mass is 16.5. The molecule has 1 aromatic carbocycles. The molecule has 1 aromatic rings. The van der Waals surface area contributed by atoms with E-state index in [1.165, 1.54) is 4.90 Å². The van der Waals surface area contributed by atoms with Crippen molar-refractivity contribution in [3.8, 4) is 0 Å². The highest BCUT2D eigenvalue weighted by Gasteiger charge is 2.28. The van der Waals surface area contributed by atoms with E-state index in [0.29, 0.717) is 19.6 Å². The zero-order valence-electron chi connectivity index (χ0n) is 11.7. The Morgan fingerprint density at radius 2 is 2.00 bits per heavy atom. The number of nitrogens with zero attached hydrogens (tertiary/aromatic N) is 2. The first-order chi connectivity index (χ1) is 10.1. The Bertz CT molecular complexity index is 530. The number of hydrogen-bond acceptors (Lipinski definition) is 3. The zero-order valence-corrected chi connectivity index (χ0v) is 11.7. The quantitative estimate of drug-likeness (QED) is 0.860. The summed E-state index contributed by atoms with van der Waals surface area (Å²) in [7, 11) is 0. The van der Waals surface area contributed by atoms with Crippen LogP contribution in [-0.4, -0.2) is 46.7 Å². The predicted molar refractivity (Wildman–Crippen MR) is 76.3 cm³/mol. The lowest BCUT2D eigenvalue weighted by Crippen LogP contribution is -2.37. The van der Waals surface area contributed by atoms with Gasteiger partial charge in [0.15, 0.2) is 0 Å². The van der Waals surface area contributed by atoms with Crippen LogP contribution in [0.4, 0.5) is 4.79 Å². The molecule has 1 N–H and O–H groups in total. The minimum atomic E-state index is -1.15. The lowest BCUT2D eigenvalue weighted by molar-refractivity contribution is -0.133. The molecule has 0 aliphatic carbocycles. The Balaban J connectivity index is 1.90. The fraction of sp³-hybridized carbons (Fsp3) is 0.333. The lowest BCUT2D eigenvalue weighted by Gasteiger charge is -2.22. The summed E-state index contributed by atoms with van der Waals surface area (Å²) in [5.74, 6) is -0.400. The zero-order chi connectivity index (χ0) is 15.2. The first-order valence-corrected chi connectivity index (χ1v) is 6.70. The molecule has 2 amide bonds. The standard InChI is InChI=1S/C15H18N2O4/c1-12-14(18)16(8-5-9-17(12)15(19)20)11-21-10-13-6-3-2-4-7-13/h2-4,6-7H,1,5,8-11H2,(H,19,20). The van der Waals surface area contributed by atoms with Crippen LogP contribution >= 0.6 is 0 Å². The van der Waals surface area contributed by atoms with Crippen LogP contribution in [0.25, 0.3) is 0 Å². The Kier molecular flexibility index (Phi) is 4.94. The van der Waals surface area contributed by atoms with Gasteiger partial charge in [0, 0.05) is 13.1 Å². The van der Waals surface area contributed by atoms with Crippen molar-refractivity contribution < 1.29 is 19.4 Å². The van der Waals surface area contributed by atoms with Gasteiger partial charge in [0.25, 0.3) is 5.91 Å². The number of amides is 2. The SMILES string of the molecule is C=C1C(=O)N(COCc2ccccc2)CCCN1C(=O)O. The van der Waals surface area contributed by atoms with Crippen molar-refractivity contribution in [1.82, 2.24) is 9.80 Å². The summed E-state index contributed by atoms with van der Waals surface area (Å²) in [4.78, 5) is 25.6. The monoisotopic (exact) mass is 290 g/mol. The fourth-order valence-electron chi connectivity index (χ4n) is 2.14. The van der Waals surface area contributed by atoms with Crippen LogP contribution in [0.5, 0.6) is 0 Å². The molecule has 6 heteroatoms. The molecule has 1 heterocycles. The van der Waals surface area contributed by atoms with Crippen LogP contribution < -0.4 is 0 Å². The minimum Gasteiger partial charge on any atom is -0.465 e. The van der Waals surface area contributed by atoms with Crippen molar-refractivity contribution in [3.05, 3.63) is 48.2 Å². The molecule has 6 nitrogen and oxygen atoms in total. The largest absolute Gasteiger partial charge is 0.465 e. The van der Waals surface area contributed by atoms with Crippen molar-refractivity contribution in [2.24, 2.45) is 0 Å². The topological polar surface area (TPSA) is 70.1 Å². The minimum absolute atomic E-state index is 0.0247. The summed E-state index contributed by atoms with van der Waals surface area (Å²) in [6.07, 6.45) is -0.591. The van der Waals surface area contributed by atoms with Gasteiger partial charge in [0.2, 0.25) is 0 Å². The number of carboxylic acid groups (broad SMARTS) is 1. The van der Waals surface area contributed by atoms with E-state index in [-0.39, 0.29) is 19.0 Å². The Morgan fingerprint density at radius 1 is 1.29 bits per heavy atom. The number of carbonyl (C=O) groups is 2. The van der Waals surface area contributed by atoms with E-state index in [9.17, 15) is 9.59 Å². The molecule has 1 aliphatic heterocycles. The van der Waals surface area contributed by atoms with Gasteiger partial charge >= 0.3 is 6.09 Å². The second kappa shape index (κ2) is 6.90. The molecular weight excluding hydrogens is 272 g/mol. The van der Waals surface area contributed by atoms with Crippen molar-refractivity contribution in [2.45, 2.75) is 13.0 Å². The van der Waals surface area contributed by atoms with Crippen molar-refractivity contribution in [1.29, 1.82) is 0 Å². The summed E-state index contributed by atoms with van der Waals surface area (Å²) >= 11 is 0. The van der Waals surface area contributed by atoms with Crippen LogP contribution in [0.15, 0.2) is 42.6 Å². The van der Waals surface area contributed by atoms with Gasteiger partial charge in [-0.05, 0) is 12.0 Å². The molecule has 0 aromatic heterocycles. The van der Waals surface area contributed by atoms with Gasteiger partial charge in [-0.2, -0.15) is 0 Å². The van der Waals surface area contributed by atoms with Gasteiger partial charge in [-0.15, -0.1) is 0 Å². The highest BCUT2D eigenvalue weighted by molar-refractivity contribution is 5.95. The Morgan fingerprint density at radius 3 is 2.67 bits per heavy atom. The highest BCUT2D eigenvalue weighted by Crippen LogP contribution is 2.14. The van der Waals surface area contributed by atoms with Gasteiger partial charge in [0.1, 0.15) is 12.4 Å². The van der Waals surface area contributed by atoms with Crippen molar-refractivity contribution in [2.75, 3.05) is 19.8 Å². The molecule has 1 aliphatic rings. The summed E-state index contributed by atoms with van der Waals surface area (Å²) < 4.78 is 5.53. The van der Waals surface area contributed by atoms with Gasteiger partial charge in [-0.3, -0.25) is 9.69 Å². The summed E-state index contributed by atoms with van der Waals surface area (Å²) in [5, 5.41) is 9.03. The molecular formula is C15H18N2O4. The smallest absolute Gasteiger partial charge is 0.411 e. The van der Waals surface area contributed by atoms with Gasteiger partial charge in [-0.25, -0.2) is 4.79 Å². The predicted octanol–water partition coefficient (Wildman–Crippen LogP) is 1.89. The van der Waals surface area contributed by atoms with E-state index in [1.54, 1.807) is 0 Å². The molecule has 0 unspecified atom stereocenters. The molecule has 1 saturated heterocycles. The maximum Gasteiger partial charge on any atom is 0.411 e. The third-order valence-electron chi connectivity index (χ3n) is 3.26. The molecule has 2 rings (SSSR count). The molecule has 0 radical (unpaired) electrons. The molecule has 0 spiro atoms. The number of hydrogen-bond donors (Lipinski definition) is 1. The van der Waals surface area contributed by atoms with Crippen molar-refractivity contribution >= 4 is 12.0 Å². The van der Waals surface area contributed by atoms with E-state index in [0.717, 1.165) is 10.5 Å². The van der Waals surface area contributed by atoms with E-state index in [2.05, 4.69) is 6.58 Å². The van der Waals surface area contributed by atoms with E-state index in [1.807, 2.05) is 30.3 Å². The lowest BCUT2D eigenvalue weighted by atomic mass is 10.2. The van der Waals surface area contributed by atoms with Crippen molar-refractivity contribution in [3.63, 3.8) is 0 Å². The first-order valence-electron chi connectivity index (χ1n) is 6.70. The van der Waals surface area contributed by atoms with Crippen LogP contribution in [0.2, 0.25) is 0 Å². The average molecular weight is 290 g/mol. The fourth-order valence-corrected chi connectivity index (χ4v) is 2.14. The van der Waals surface area contributed by atoms with Crippen LogP contribution in [0.3, 0.4) is 0 Å². The molecule has 0 saturated carbocycles. The number of ether oxygens (including phenoxy) is 1. The Hall–Kier alpha value is -2.34. The van der Waals surface area contributed by atoms with Gasteiger partial charge < -0.3 is 14.7 Å². The molecule has 21 heavy (non-hydrogen) atoms. The third kappa shape index (κ3) is 3.82. The summed E-state index contributed by atoms with van der Waals surface area (Å²) in [5.41, 5.74) is 0.995. The number of carbonyl (C=O) groups excluding carboxylic acids is 1. The second-order valence-electron chi connectivity index (χ2n) is 4.77. The summed E-state index contributed by atoms with van der Waals surface area (Å²) in [6.45, 7) is 4.83. The molecule has 0 bridgehead atoms. The number of rotatable bonds is 4. The van der Waals surface area contributed by atoms with E-state index in [4.69, 9.17) is 9.84 Å². The van der Waals surface area contributed by atoms with Crippen LogP contribution in [-0.2, 0) is 16.1 Å².